The molecule has 16 heavy (non-hydrogen) atoms. The molecule has 0 bridgehead atoms. The third-order valence-electron chi connectivity index (χ3n) is 4.74. The third-order valence-corrected chi connectivity index (χ3v) is 4.74. The molecule has 1 unspecified atom stereocenters. The van der Waals surface area contributed by atoms with Crippen LogP contribution in [0.25, 0.3) is 0 Å². The van der Waals surface area contributed by atoms with Gasteiger partial charge in [0, 0.05) is 12.8 Å². The Labute approximate surface area is 98.1 Å². The minimum Gasteiger partial charge on any atom is -0.462 e. The highest BCUT2D eigenvalue weighted by Crippen LogP contribution is 2.56. The van der Waals surface area contributed by atoms with Crippen LogP contribution in [0.1, 0.15) is 46.0 Å². The average molecular weight is 222 g/mol. The summed E-state index contributed by atoms with van der Waals surface area (Å²) < 4.78 is 5.49. The highest BCUT2D eigenvalue weighted by atomic mass is 16.5. The molecule has 2 nitrogen and oxygen atoms in total. The van der Waals surface area contributed by atoms with Crippen LogP contribution in [0.3, 0.4) is 0 Å². The minimum absolute atomic E-state index is 0.128. The van der Waals surface area contributed by atoms with Crippen LogP contribution in [0, 0.1) is 17.3 Å². The van der Waals surface area contributed by atoms with Gasteiger partial charge in [-0.15, -0.1) is 6.58 Å². The largest absolute Gasteiger partial charge is 0.462 e. The van der Waals surface area contributed by atoms with Crippen molar-refractivity contribution in [3.8, 4) is 0 Å². The quantitative estimate of drug-likeness (QED) is 0.529. The lowest BCUT2D eigenvalue weighted by Gasteiger charge is -2.43. The number of carbonyl (C=O) groups excluding carboxylic acids is 1. The lowest BCUT2D eigenvalue weighted by Crippen LogP contribution is -2.41. The Hall–Kier alpha value is -0.790. The minimum atomic E-state index is -0.128. The third kappa shape index (κ3) is 1.79. The molecular weight excluding hydrogens is 200 g/mol. The van der Waals surface area contributed by atoms with Crippen LogP contribution in [0.4, 0.5) is 0 Å². The van der Waals surface area contributed by atoms with Crippen LogP contribution in [0.2, 0.25) is 0 Å². The van der Waals surface area contributed by atoms with Crippen LogP contribution in [-0.2, 0) is 9.53 Å². The molecule has 90 valence electrons. The number of allylic oxidation sites excluding steroid dienone is 1. The molecule has 0 aromatic carbocycles. The lowest BCUT2D eigenvalue weighted by molar-refractivity contribution is -0.154. The fraction of sp³-hybridized carbons (Fsp3) is 0.786. The summed E-state index contributed by atoms with van der Waals surface area (Å²) in [4.78, 5) is 11.1. The van der Waals surface area contributed by atoms with Crippen molar-refractivity contribution in [1.29, 1.82) is 0 Å². The first-order valence-corrected chi connectivity index (χ1v) is 6.37. The fourth-order valence-corrected chi connectivity index (χ4v) is 3.90. The predicted octanol–water partition coefficient (Wildman–Crippen LogP) is 3.32. The monoisotopic (exact) mass is 222 g/mol. The van der Waals surface area contributed by atoms with Crippen molar-refractivity contribution >= 4 is 5.97 Å². The molecule has 2 aliphatic carbocycles. The molecule has 0 N–H and O–H groups in total. The molecule has 0 aromatic heterocycles. The first-order valence-electron chi connectivity index (χ1n) is 6.37. The Kier molecular flexibility index (Phi) is 3.09. The van der Waals surface area contributed by atoms with Crippen molar-refractivity contribution in [1.82, 2.24) is 0 Å². The van der Waals surface area contributed by atoms with Gasteiger partial charge in [0.15, 0.2) is 0 Å². The molecule has 0 heterocycles. The number of hydrogen-bond donors (Lipinski definition) is 0. The molecule has 0 radical (unpaired) electrons. The molecular formula is C14H22O2. The molecule has 0 aromatic rings. The molecule has 2 saturated carbocycles. The lowest BCUT2D eigenvalue weighted by atomic mass is 9.64. The maximum atomic E-state index is 11.1. The van der Waals surface area contributed by atoms with E-state index in [-0.39, 0.29) is 12.1 Å². The zero-order valence-corrected chi connectivity index (χ0v) is 10.4. The van der Waals surface area contributed by atoms with Crippen molar-refractivity contribution < 1.29 is 9.53 Å². The first kappa shape index (κ1) is 11.7. The van der Waals surface area contributed by atoms with Crippen LogP contribution >= 0.6 is 0 Å². The van der Waals surface area contributed by atoms with Gasteiger partial charge in [-0.2, -0.15) is 0 Å². The summed E-state index contributed by atoms with van der Waals surface area (Å²) in [5, 5.41) is 0. The van der Waals surface area contributed by atoms with Crippen LogP contribution < -0.4 is 0 Å². The number of carbonyl (C=O) groups is 1. The first-order chi connectivity index (χ1) is 7.58. The Morgan fingerprint density at radius 2 is 2.19 bits per heavy atom. The van der Waals surface area contributed by atoms with Gasteiger partial charge in [-0.1, -0.05) is 13.0 Å². The maximum Gasteiger partial charge on any atom is 0.302 e. The Balaban J connectivity index is 2.16. The number of fused-ring (bicyclic) bond motifs is 1. The van der Waals surface area contributed by atoms with E-state index in [9.17, 15) is 4.79 Å². The van der Waals surface area contributed by atoms with Gasteiger partial charge < -0.3 is 4.74 Å². The van der Waals surface area contributed by atoms with Crippen molar-refractivity contribution in [2.75, 3.05) is 0 Å². The zero-order valence-electron chi connectivity index (χ0n) is 10.4. The second kappa shape index (κ2) is 4.23. The summed E-state index contributed by atoms with van der Waals surface area (Å²) in [5.41, 5.74) is 0.320. The smallest absolute Gasteiger partial charge is 0.302 e. The summed E-state index contributed by atoms with van der Waals surface area (Å²) in [6, 6.07) is 0. The molecule has 4 atom stereocenters. The second-order valence-electron chi connectivity index (χ2n) is 5.57. The summed E-state index contributed by atoms with van der Waals surface area (Å²) in [6.07, 6.45) is 8.13. The topological polar surface area (TPSA) is 26.3 Å². The van der Waals surface area contributed by atoms with E-state index in [1.807, 2.05) is 0 Å². The van der Waals surface area contributed by atoms with Gasteiger partial charge in [-0.25, -0.2) is 0 Å². The fourth-order valence-electron chi connectivity index (χ4n) is 3.90. The molecule has 2 rings (SSSR count). The van der Waals surface area contributed by atoms with Crippen LogP contribution in [0.5, 0.6) is 0 Å². The summed E-state index contributed by atoms with van der Waals surface area (Å²) in [7, 11) is 0. The van der Waals surface area contributed by atoms with E-state index in [4.69, 9.17) is 4.74 Å². The molecule has 2 aliphatic rings. The molecule has 0 spiro atoms. The molecule has 2 fully saturated rings. The molecule has 0 amide bonds. The number of ether oxygens (including phenoxy) is 1. The molecule has 0 saturated heterocycles. The van der Waals surface area contributed by atoms with Gasteiger partial charge in [-0.05, 0) is 43.4 Å². The predicted molar refractivity (Wildman–Crippen MR) is 63.9 cm³/mol. The molecule has 2 heteroatoms. The van der Waals surface area contributed by atoms with Gasteiger partial charge in [0.05, 0.1) is 0 Å². The van der Waals surface area contributed by atoms with Gasteiger partial charge in [0.1, 0.15) is 6.10 Å². The standard InChI is InChI=1S/C14H22O2/c1-4-11-7-8-12-13(16-10(2)15)6-5-9-14(11,12)3/h4,11-13H,1,5-9H2,2-3H3/t11?,12-,13-,14+/m0/s1. The number of rotatable bonds is 2. The van der Waals surface area contributed by atoms with E-state index < -0.39 is 0 Å². The Bertz CT molecular complexity index is 297. The van der Waals surface area contributed by atoms with Crippen molar-refractivity contribution in [3.05, 3.63) is 12.7 Å². The second-order valence-corrected chi connectivity index (χ2v) is 5.57. The number of hydrogen-bond acceptors (Lipinski definition) is 2. The Morgan fingerprint density at radius 3 is 2.81 bits per heavy atom. The van der Waals surface area contributed by atoms with Crippen molar-refractivity contribution in [3.63, 3.8) is 0 Å². The maximum absolute atomic E-state index is 11.1. The van der Waals surface area contributed by atoms with Crippen molar-refractivity contribution in [2.24, 2.45) is 17.3 Å². The van der Waals surface area contributed by atoms with Gasteiger partial charge in [0.2, 0.25) is 0 Å². The average Bonchev–Trinajstić information content (AvgIpc) is 2.54. The van der Waals surface area contributed by atoms with Crippen molar-refractivity contribution in [2.45, 2.75) is 52.1 Å². The highest BCUT2D eigenvalue weighted by molar-refractivity contribution is 5.66. The van der Waals surface area contributed by atoms with Gasteiger partial charge in [0.25, 0.3) is 0 Å². The van der Waals surface area contributed by atoms with Crippen LogP contribution in [0.15, 0.2) is 12.7 Å². The summed E-state index contributed by atoms with van der Waals surface area (Å²) in [5.74, 6) is 1.03. The summed E-state index contributed by atoms with van der Waals surface area (Å²) in [6.45, 7) is 7.83. The van der Waals surface area contributed by atoms with E-state index in [0.29, 0.717) is 17.3 Å². The highest BCUT2D eigenvalue weighted by Gasteiger charge is 2.51. The van der Waals surface area contributed by atoms with Gasteiger partial charge in [-0.3, -0.25) is 4.79 Å². The number of esters is 1. The van der Waals surface area contributed by atoms with Gasteiger partial charge >= 0.3 is 5.97 Å². The molecule has 0 aliphatic heterocycles. The Morgan fingerprint density at radius 1 is 1.44 bits per heavy atom. The van der Waals surface area contributed by atoms with E-state index in [0.717, 1.165) is 6.42 Å². The summed E-state index contributed by atoms with van der Waals surface area (Å²) >= 11 is 0. The van der Waals surface area contributed by atoms with E-state index >= 15 is 0 Å². The van der Waals surface area contributed by atoms with E-state index in [1.54, 1.807) is 0 Å². The van der Waals surface area contributed by atoms with E-state index in [2.05, 4.69) is 19.6 Å². The SMILES string of the molecule is C=CC1CC[C@H]2[C@@H](OC(C)=O)CCC[C@]12C. The zero-order chi connectivity index (χ0) is 11.8. The van der Waals surface area contributed by atoms with E-state index in [1.165, 1.54) is 32.6 Å². The van der Waals surface area contributed by atoms with Crippen LogP contribution in [-0.4, -0.2) is 12.1 Å². The normalized spacial score (nSPS) is 42.5.